The lowest BCUT2D eigenvalue weighted by atomic mass is 10.0. The molecule has 2 N–H and O–H groups in total. The van der Waals surface area contributed by atoms with Crippen molar-refractivity contribution in [2.75, 3.05) is 13.2 Å². The molecule has 0 fully saturated rings. The highest BCUT2D eigenvalue weighted by molar-refractivity contribution is 5.98. The zero-order valence-corrected chi connectivity index (χ0v) is 34.0. The lowest BCUT2D eigenvalue weighted by molar-refractivity contribution is 0.0517. The number of rotatable bonds is 13. The number of aromatic amines is 2. The Balaban J connectivity index is 1.43. The molecule has 2 aliphatic rings. The van der Waals surface area contributed by atoms with Crippen LogP contribution in [0.15, 0.2) is 85.2 Å². The minimum Gasteiger partial charge on any atom is -0.462 e. The molecule has 0 amide bonds. The average Bonchev–Trinajstić information content (AvgIpc) is 4.11. The molecule has 8 rings (SSSR count). The Morgan fingerprint density at radius 1 is 0.576 bits per heavy atom. The van der Waals surface area contributed by atoms with Crippen molar-refractivity contribution in [1.82, 2.24) is 29.5 Å². The van der Waals surface area contributed by atoms with Crippen LogP contribution in [-0.4, -0.2) is 54.6 Å². The number of hydrogen-bond donors (Lipinski definition) is 2. The van der Waals surface area contributed by atoms with Crippen molar-refractivity contribution in [1.29, 1.82) is 0 Å². The van der Waals surface area contributed by atoms with Gasteiger partial charge in [0.2, 0.25) is 0 Å². The van der Waals surface area contributed by atoms with Crippen LogP contribution in [0.1, 0.15) is 102 Å². The van der Waals surface area contributed by atoms with Crippen molar-refractivity contribution in [2.24, 2.45) is 7.05 Å². The van der Waals surface area contributed by atoms with E-state index in [-0.39, 0.29) is 11.9 Å². The van der Waals surface area contributed by atoms with Crippen molar-refractivity contribution >= 4 is 58.3 Å². The van der Waals surface area contributed by atoms with Crippen LogP contribution in [0.3, 0.4) is 0 Å². The van der Waals surface area contributed by atoms with E-state index in [1.54, 1.807) is 44.3 Å². The molecule has 10 nitrogen and oxygen atoms in total. The van der Waals surface area contributed by atoms with E-state index in [1.807, 2.05) is 54.2 Å². The summed E-state index contributed by atoms with van der Waals surface area (Å²) in [5, 5.41) is 0. The Morgan fingerprint density at radius 3 is 1.58 bits per heavy atom. The molecule has 0 unspecified atom stereocenters. The van der Waals surface area contributed by atoms with Gasteiger partial charge in [-0.05, 0) is 111 Å². The van der Waals surface area contributed by atoms with Gasteiger partial charge in [-0.3, -0.25) is 0 Å². The number of aromatic nitrogens is 6. The number of benzene rings is 2. The van der Waals surface area contributed by atoms with E-state index in [0.29, 0.717) is 24.3 Å². The van der Waals surface area contributed by atoms with Gasteiger partial charge in [-0.2, -0.15) is 0 Å². The number of aryl methyl sites for hydroxylation is 2. The number of hydrogen-bond acceptors (Lipinski definition) is 7. The first-order chi connectivity index (χ1) is 28.9. The number of esters is 2. The van der Waals surface area contributed by atoms with Crippen molar-refractivity contribution in [2.45, 2.75) is 59.3 Å². The predicted octanol–water partition coefficient (Wildman–Crippen LogP) is 11.3. The molecule has 6 aromatic rings. The number of imidazole rings is 1. The van der Waals surface area contributed by atoms with Crippen molar-refractivity contribution in [3.8, 4) is 33.6 Å². The van der Waals surface area contributed by atoms with Gasteiger partial charge in [0.25, 0.3) is 0 Å². The number of carbonyl (C=O) groups is 2. The molecule has 2 aromatic carbocycles. The number of unbranched alkanes of at least 4 members (excludes halogenated alkanes) is 4. The van der Waals surface area contributed by atoms with Gasteiger partial charge in [-0.1, -0.05) is 56.9 Å². The Hall–Kier alpha value is -6.81. The van der Waals surface area contributed by atoms with Gasteiger partial charge in [0, 0.05) is 52.7 Å². The molecule has 0 radical (unpaired) electrons. The van der Waals surface area contributed by atoms with Gasteiger partial charge in [-0.15, -0.1) is 0 Å². The molecule has 4 aromatic heterocycles. The summed E-state index contributed by atoms with van der Waals surface area (Å²) < 4.78 is 12.6. The van der Waals surface area contributed by atoms with Crippen LogP contribution in [0, 0.1) is 0 Å². The molecule has 59 heavy (non-hydrogen) atoms. The highest BCUT2D eigenvalue weighted by atomic mass is 16.5. The third-order valence-electron chi connectivity index (χ3n) is 10.8. The van der Waals surface area contributed by atoms with E-state index >= 15 is 0 Å². The van der Waals surface area contributed by atoms with E-state index in [1.165, 1.54) is 19.3 Å². The van der Waals surface area contributed by atoms with E-state index in [9.17, 15) is 9.59 Å². The van der Waals surface area contributed by atoms with Crippen molar-refractivity contribution in [3.63, 3.8) is 0 Å². The van der Waals surface area contributed by atoms with E-state index in [4.69, 9.17) is 24.4 Å². The molecule has 0 saturated carbocycles. The largest absolute Gasteiger partial charge is 0.462 e. The summed E-state index contributed by atoms with van der Waals surface area (Å²) in [4.78, 5) is 48.3. The first-order valence-corrected chi connectivity index (χ1v) is 20.5. The number of nitrogens with zero attached hydrogens (tertiary/aromatic N) is 4. The van der Waals surface area contributed by atoms with Crippen molar-refractivity contribution < 1.29 is 19.1 Å². The normalized spacial score (nSPS) is 11.9. The summed E-state index contributed by atoms with van der Waals surface area (Å²) in [6.45, 7) is 6.46. The summed E-state index contributed by atoms with van der Waals surface area (Å²) in [6.07, 6.45) is 18.6. The minimum atomic E-state index is -0.355. The fraction of sp³-hybridized carbons (Fsp3) is 0.245. The van der Waals surface area contributed by atoms with Gasteiger partial charge >= 0.3 is 11.9 Å². The fourth-order valence-electron chi connectivity index (χ4n) is 7.86. The van der Waals surface area contributed by atoms with Crippen LogP contribution in [0.2, 0.25) is 0 Å². The Bertz CT molecular complexity index is 2690. The van der Waals surface area contributed by atoms with Crippen LogP contribution < -0.4 is 0 Å². The highest BCUT2D eigenvalue weighted by Gasteiger charge is 2.20. The van der Waals surface area contributed by atoms with Gasteiger partial charge < -0.3 is 24.0 Å². The third kappa shape index (κ3) is 8.03. The lowest BCUT2D eigenvalue weighted by Crippen LogP contribution is -2.04. The maximum atomic E-state index is 12.6. The second kappa shape index (κ2) is 17.4. The van der Waals surface area contributed by atoms with E-state index < -0.39 is 0 Å². The molecule has 2 aliphatic heterocycles. The maximum absolute atomic E-state index is 12.6. The zero-order valence-electron chi connectivity index (χ0n) is 34.0. The summed E-state index contributed by atoms with van der Waals surface area (Å²) in [7, 11) is 1.97. The van der Waals surface area contributed by atoms with Crippen LogP contribution in [0.5, 0.6) is 0 Å². The van der Waals surface area contributed by atoms with Gasteiger partial charge in [-0.25, -0.2) is 24.5 Å². The lowest BCUT2D eigenvalue weighted by Gasteiger charge is -2.08. The maximum Gasteiger partial charge on any atom is 0.338 e. The molecular weight excluding hydrogens is 737 g/mol. The highest BCUT2D eigenvalue weighted by Crippen LogP contribution is 2.37. The molecule has 8 bridgehead atoms. The first kappa shape index (κ1) is 39.0. The summed E-state index contributed by atoms with van der Waals surface area (Å²) in [6, 6.07) is 23.4. The molecule has 0 aliphatic carbocycles. The number of H-pyrrole nitrogens is 2. The fourth-order valence-corrected chi connectivity index (χ4v) is 7.86. The predicted molar refractivity (Wildman–Crippen MR) is 236 cm³/mol. The van der Waals surface area contributed by atoms with Gasteiger partial charge in [0.1, 0.15) is 5.82 Å². The van der Waals surface area contributed by atoms with E-state index in [0.717, 1.165) is 103 Å². The monoisotopic (exact) mass is 784 g/mol. The zero-order chi connectivity index (χ0) is 40.9. The second-order valence-corrected chi connectivity index (χ2v) is 14.7. The second-order valence-electron chi connectivity index (χ2n) is 14.7. The third-order valence-corrected chi connectivity index (χ3v) is 10.8. The molecule has 0 spiro atoms. The van der Waals surface area contributed by atoms with E-state index in [2.05, 4.69) is 53.3 Å². The standard InChI is InChI=1S/C49H48N6O4/c1-5-8-9-10-11-12-35-36-21-23-38(51-36)44(31-13-17-33(18-14-31)48(56)58-6-2)40-25-27-42(53-40)46(47-50-29-30-55(47)4)43-28-26-41(54-43)45(39-24-22-37(35)52-39)32-15-19-34(20-16-32)49(57)59-7-3/h13-30,51,54H,5-12H2,1-4H3. The Kier molecular flexibility index (Phi) is 11.5. The number of ether oxygens (including phenoxy) is 2. The molecule has 6 heterocycles. The van der Waals surface area contributed by atoms with Crippen LogP contribution in [-0.2, 0) is 22.9 Å². The Labute approximate surface area is 343 Å². The smallest absolute Gasteiger partial charge is 0.338 e. The molecule has 0 atom stereocenters. The SMILES string of the molecule is CCCCCCCc1c2nc(c(-c3ccc(C(=O)OCC)cc3)c3ccc([nH]3)c(-c3nccn3C)c3nc(c(-c4ccc(C(=O)OCC)cc4)c4ccc1[nH]4)C=C3)C=C2. The van der Waals surface area contributed by atoms with Crippen LogP contribution >= 0.6 is 0 Å². The number of nitrogens with one attached hydrogen (secondary N) is 2. The minimum absolute atomic E-state index is 0.307. The number of fused-ring (bicyclic) bond motifs is 8. The molecule has 298 valence electrons. The topological polar surface area (TPSA) is 128 Å². The molecular formula is C49H48N6O4. The van der Waals surface area contributed by atoms with Gasteiger partial charge in [0.05, 0.1) is 58.2 Å². The van der Waals surface area contributed by atoms with Gasteiger partial charge in [0.15, 0.2) is 0 Å². The average molecular weight is 785 g/mol. The first-order valence-electron chi connectivity index (χ1n) is 20.5. The van der Waals surface area contributed by atoms with Crippen molar-refractivity contribution in [3.05, 3.63) is 125 Å². The van der Waals surface area contributed by atoms with Crippen LogP contribution in [0.25, 0.3) is 80.0 Å². The summed E-state index contributed by atoms with van der Waals surface area (Å²) in [5.74, 6) is 0.0386. The number of carbonyl (C=O) groups excluding carboxylic acids is 2. The Morgan fingerprint density at radius 2 is 1.05 bits per heavy atom. The quantitative estimate of drug-likeness (QED) is 0.0880. The summed E-state index contributed by atoms with van der Waals surface area (Å²) >= 11 is 0. The summed E-state index contributed by atoms with van der Waals surface area (Å²) in [5.41, 5.74) is 13.3. The molecule has 0 saturated heterocycles. The molecule has 10 heteroatoms. The van der Waals surface area contributed by atoms with Crippen LogP contribution in [0.4, 0.5) is 0 Å².